The number of carbonyl (C=O) groups is 2. The van der Waals surface area contributed by atoms with Gasteiger partial charge < -0.3 is 14.5 Å². The van der Waals surface area contributed by atoms with Crippen LogP contribution in [0.3, 0.4) is 0 Å². The van der Waals surface area contributed by atoms with Crippen molar-refractivity contribution in [2.75, 3.05) is 37.7 Å². The zero-order valence-electron chi connectivity index (χ0n) is 15.0. The number of hydrogen-bond donors (Lipinski definition) is 0. The van der Waals surface area contributed by atoms with Crippen molar-refractivity contribution in [2.24, 2.45) is 0 Å². The number of ether oxygens (including phenoxy) is 1. The number of amides is 1. The van der Waals surface area contributed by atoms with Crippen LogP contribution in [0.15, 0.2) is 42.5 Å². The van der Waals surface area contributed by atoms with Crippen LogP contribution in [0.25, 0.3) is 0 Å². The van der Waals surface area contributed by atoms with Crippen molar-refractivity contribution in [3.05, 3.63) is 64.4 Å². The highest BCUT2D eigenvalue weighted by Gasteiger charge is 2.26. The SMILES string of the molecule is CCOC(=O)c1ccc(N2CCN(C(=O)c3c(F)cccc3Cl)CC2)cc1. The van der Waals surface area contributed by atoms with Gasteiger partial charge in [0.05, 0.1) is 22.8 Å². The number of nitrogens with zero attached hydrogens (tertiary/aromatic N) is 2. The predicted octanol–water partition coefficient (Wildman–Crippen LogP) is 3.62. The highest BCUT2D eigenvalue weighted by atomic mass is 35.5. The monoisotopic (exact) mass is 390 g/mol. The van der Waals surface area contributed by atoms with Crippen molar-refractivity contribution in [2.45, 2.75) is 6.92 Å². The van der Waals surface area contributed by atoms with Crippen LogP contribution in [0, 0.1) is 5.82 Å². The molecule has 1 fully saturated rings. The fraction of sp³-hybridized carbons (Fsp3) is 0.300. The molecule has 0 radical (unpaired) electrons. The molecule has 142 valence electrons. The number of carbonyl (C=O) groups excluding carboxylic acids is 2. The molecule has 1 aliphatic heterocycles. The lowest BCUT2D eigenvalue weighted by Crippen LogP contribution is -2.49. The number of rotatable bonds is 4. The second-order valence-electron chi connectivity index (χ2n) is 6.14. The lowest BCUT2D eigenvalue weighted by molar-refractivity contribution is 0.0526. The molecule has 0 unspecified atom stereocenters. The average molecular weight is 391 g/mol. The largest absolute Gasteiger partial charge is 0.462 e. The van der Waals surface area contributed by atoms with Crippen LogP contribution in [0.2, 0.25) is 5.02 Å². The van der Waals surface area contributed by atoms with Crippen LogP contribution in [0.4, 0.5) is 10.1 Å². The second-order valence-corrected chi connectivity index (χ2v) is 6.55. The van der Waals surface area contributed by atoms with E-state index in [-0.39, 0.29) is 16.6 Å². The van der Waals surface area contributed by atoms with E-state index in [1.807, 2.05) is 12.1 Å². The van der Waals surface area contributed by atoms with Crippen LogP contribution in [-0.4, -0.2) is 49.6 Å². The van der Waals surface area contributed by atoms with E-state index in [2.05, 4.69) is 4.90 Å². The van der Waals surface area contributed by atoms with E-state index in [1.54, 1.807) is 24.0 Å². The third kappa shape index (κ3) is 4.22. The standard InChI is InChI=1S/C20H20ClFN2O3/c1-2-27-20(26)14-6-8-15(9-7-14)23-10-12-24(13-11-23)19(25)18-16(21)4-3-5-17(18)22/h3-9H,2,10-13H2,1H3. The summed E-state index contributed by atoms with van der Waals surface area (Å²) in [6.07, 6.45) is 0. The number of piperazine rings is 1. The zero-order chi connectivity index (χ0) is 19.4. The second kappa shape index (κ2) is 8.39. The van der Waals surface area contributed by atoms with E-state index < -0.39 is 11.7 Å². The molecule has 0 atom stereocenters. The Hall–Kier alpha value is -2.60. The smallest absolute Gasteiger partial charge is 0.338 e. The number of benzene rings is 2. The third-order valence-corrected chi connectivity index (χ3v) is 4.80. The molecule has 7 heteroatoms. The Morgan fingerprint density at radius 2 is 1.74 bits per heavy atom. The summed E-state index contributed by atoms with van der Waals surface area (Å²) < 4.78 is 19.0. The average Bonchev–Trinajstić information content (AvgIpc) is 2.68. The van der Waals surface area contributed by atoms with Gasteiger partial charge in [-0.2, -0.15) is 0 Å². The Labute approximate surface area is 162 Å². The topological polar surface area (TPSA) is 49.9 Å². The summed E-state index contributed by atoms with van der Waals surface area (Å²) in [5.74, 6) is -1.35. The van der Waals surface area contributed by atoms with Gasteiger partial charge in [-0.25, -0.2) is 9.18 Å². The summed E-state index contributed by atoms with van der Waals surface area (Å²) >= 11 is 6.00. The quantitative estimate of drug-likeness (QED) is 0.748. The Morgan fingerprint density at radius 3 is 2.33 bits per heavy atom. The van der Waals surface area contributed by atoms with Gasteiger partial charge in [-0.3, -0.25) is 4.79 Å². The van der Waals surface area contributed by atoms with Gasteiger partial charge in [0, 0.05) is 31.9 Å². The van der Waals surface area contributed by atoms with Gasteiger partial charge in [-0.15, -0.1) is 0 Å². The molecule has 27 heavy (non-hydrogen) atoms. The molecule has 0 aromatic heterocycles. The molecule has 1 amide bonds. The Balaban J connectivity index is 1.63. The number of esters is 1. The lowest BCUT2D eigenvalue weighted by atomic mass is 10.1. The molecule has 1 aliphatic rings. The van der Waals surface area contributed by atoms with E-state index in [0.29, 0.717) is 38.3 Å². The zero-order valence-corrected chi connectivity index (χ0v) is 15.7. The Morgan fingerprint density at radius 1 is 1.07 bits per heavy atom. The Kier molecular flexibility index (Phi) is 5.96. The van der Waals surface area contributed by atoms with Gasteiger partial charge in [0.2, 0.25) is 0 Å². The molecule has 1 saturated heterocycles. The van der Waals surface area contributed by atoms with Crippen molar-refractivity contribution in [1.82, 2.24) is 4.90 Å². The molecule has 0 aliphatic carbocycles. The van der Waals surface area contributed by atoms with E-state index in [9.17, 15) is 14.0 Å². The van der Waals surface area contributed by atoms with Crippen LogP contribution >= 0.6 is 11.6 Å². The normalized spacial score (nSPS) is 14.2. The van der Waals surface area contributed by atoms with E-state index in [0.717, 1.165) is 5.69 Å². The Bertz CT molecular complexity index is 813. The molecule has 3 rings (SSSR count). The first-order valence-electron chi connectivity index (χ1n) is 8.76. The van der Waals surface area contributed by atoms with Gasteiger partial charge in [-0.05, 0) is 43.3 Å². The first-order chi connectivity index (χ1) is 13.0. The van der Waals surface area contributed by atoms with Crippen LogP contribution in [0.1, 0.15) is 27.6 Å². The molecule has 0 N–H and O–H groups in total. The number of hydrogen-bond acceptors (Lipinski definition) is 4. The molecule has 2 aromatic rings. The van der Waals surface area contributed by atoms with Gasteiger partial charge in [-0.1, -0.05) is 17.7 Å². The van der Waals surface area contributed by atoms with E-state index >= 15 is 0 Å². The maximum atomic E-state index is 14.0. The van der Waals surface area contributed by atoms with Gasteiger partial charge in [0.25, 0.3) is 5.91 Å². The van der Waals surface area contributed by atoms with Gasteiger partial charge >= 0.3 is 5.97 Å². The number of anilines is 1. The molecule has 0 bridgehead atoms. The molecule has 0 spiro atoms. The van der Waals surface area contributed by atoms with Crippen molar-refractivity contribution in [1.29, 1.82) is 0 Å². The molecule has 2 aromatic carbocycles. The third-order valence-electron chi connectivity index (χ3n) is 4.49. The number of halogens is 2. The first kappa shape index (κ1) is 19.2. The van der Waals surface area contributed by atoms with Crippen molar-refractivity contribution in [3.8, 4) is 0 Å². The van der Waals surface area contributed by atoms with Crippen LogP contribution in [0.5, 0.6) is 0 Å². The van der Waals surface area contributed by atoms with Crippen LogP contribution < -0.4 is 4.90 Å². The molecule has 0 saturated carbocycles. The highest BCUT2D eigenvalue weighted by molar-refractivity contribution is 6.33. The van der Waals surface area contributed by atoms with Crippen LogP contribution in [-0.2, 0) is 4.74 Å². The molecule has 1 heterocycles. The minimum Gasteiger partial charge on any atom is -0.462 e. The van der Waals surface area contributed by atoms with E-state index in [1.165, 1.54) is 18.2 Å². The summed E-state index contributed by atoms with van der Waals surface area (Å²) in [6.45, 7) is 4.24. The lowest BCUT2D eigenvalue weighted by Gasteiger charge is -2.36. The highest BCUT2D eigenvalue weighted by Crippen LogP contribution is 2.23. The van der Waals surface area contributed by atoms with Gasteiger partial charge in [0.1, 0.15) is 5.82 Å². The molecular weight excluding hydrogens is 371 g/mol. The van der Waals surface area contributed by atoms with E-state index in [4.69, 9.17) is 16.3 Å². The summed E-state index contributed by atoms with van der Waals surface area (Å²) in [5, 5.41) is 0.122. The van der Waals surface area contributed by atoms with Gasteiger partial charge in [0.15, 0.2) is 0 Å². The fourth-order valence-corrected chi connectivity index (χ4v) is 3.29. The molecular formula is C20H20ClFN2O3. The minimum absolute atomic E-state index is 0.0774. The maximum Gasteiger partial charge on any atom is 0.338 e. The van der Waals surface area contributed by atoms with Crippen molar-refractivity contribution < 1.29 is 18.7 Å². The first-order valence-corrected chi connectivity index (χ1v) is 9.14. The van der Waals surface area contributed by atoms with Crippen molar-refractivity contribution in [3.63, 3.8) is 0 Å². The minimum atomic E-state index is -0.607. The summed E-state index contributed by atoms with van der Waals surface area (Å²) in [5.41, 5.74) is 1.38. The maximum absolute atomic E-state index is 14.0. The predicted molar refractivity (Wildman–Crippen MR) is 102 cm³/mol. The molecule has 5 nitrogen and oxygen atoms in total. The summed E-state index contributed by atoms with van der Waals surface area (Å²) in [4.78, 5) is 28.0. The summed E-state index contributed by atoms with van der Waals surface area (Å²) in [7, 11) is 0. The van der Waals surface area contributed by atoms with Crippen molar-refractivity contribution >= 4 is 29.2 Å². The fourth-order valence-electron chi connectivity index (χ4n) is 3.05. The summed E-state index contributed by atoms with van der Waals surface area (Å²) in [6, 6.07) is 11.4.